The second kappa shape index (κ2) is 4.35. The first-order valence-corrected chi connectivity index (χ1v) is 5.40. The van der Waals surface area contributed by atoms with Crippen LogP contribution in [0.25, 0.3) is 0 Å². The van der Waals surface area contributed by atoms with Gasteiger partial charge in [0.25, 0.3) is 0 Å². The maximum atomic E-state index is 12.2. The molecule has 0 spiro atoms. The monoisotopic (exact) mass is 214 g/mol. The molecule has 0 amide bonds. The third-order valence-corrected chi connectivity index (χ3v) is 2.59. The molecule has 0 saturated heterocycles. The lowest BCUT2D eigenvalue weighted by Crippen LogP contribution is -2.02. The second-order valence-electron chi connectivity index (χ2n) is 3.81. The molecule has 0 saturated carbocycles. The van der Waals surface area contributed by atoms with Crippen LogP contribution in [-0.2, 0) is 6.42 Å². The maximum absolute atomic E-state index is 12.2. The summed E-state index contributed by atoms with van der Waals surface area (Å²) in [4.78, 5) is 12.2. The number of carbonyl (C=O) groups is 1. The Kier molecular flexibility index (Phi) is 2.91. The van der Waals surface area contributed by atoms with Crippen molar-refractivity contribution in [3.05, 3.63) is 59.0 Å². The van der Waals surface area contributed by atoms with Gasteiger partial charge in [-0.15, -0.1) is 0 Å². The van der Waals surface area contributed by atoms with E-state index < -0.39 is 0 Å². The van der Waals surface area contributed by atoms with E-state index in [0.717, 1.165) is 23.3 Å². The molecule has 1 aromatic carbocycles. The van der Waals surface area contributed by atoms with E-state index in [-0.39, 0.29) is 5.78 Å². The number of benzene rings is 1. The Morgan fingerprint density at radius 1 is 1.31 bits per heavy atom. The fourth-order valence-electron chi connectivity index (χ4n) is 1.76. The number of aryl methyl sites for hydroxylation is 2. The largest absolute Gasteiger partial charge is 0.469 e. The summed E-state index contributed by atoms with van der Waals surface area (Å²) in [5, 5.41) is 0. The first kappa shape index (κ1) is 10.7. The predicted molar refractivity (Wildman–Crippen MR) is 62.7 cm³/mol. The SMILES string of the molecule is CCc1occc1C(=O)c1cccc(C)c1. The summed E-state index contributed by atoms with van der Waals surface area (Å²) < 4.78 is 5.27. The normalized spacial score (nSPS) is 10.4. The van der Waals surface area contributed by atoms with E-state index in [9.17, 15) is 4.79 Å². The predicted octanol–water partition coefficient (Wildman–Crippen LogP) is 3.38. The Hall–Kier alpha value is -1.83. The van der Waals surface area contributed by atoms with Gasteiger partial charge in [-0.25, -0.2) is 0 Å². The Morgan fingerprint density at radius 3 is 2.81 bits per heavy atom. The van der Waals surface area contributed by atoms with E-state index in [2.05, 4.69) is 0 Å². The van der Waals surface area contributed by atoms with E-state index in [1.54, 1.807) is 12.3 Å². The summed E-state index contributed by atoms with van der Waals surface area (Å²) in [7, 11) is 0. The number of ketones is 1. The molecule has 0 radical (unpaired) electrons. The first-order valence-electron chi connectivity index (χ1n) is 5.40. The quantitative estimate of drug-likeness (QED) is 0.733. The van der Waals surface area contributed by atoms with Crippen LogP contribution in [0.2, 0.25) is 0 Å². The molecule has 0 aliphatic rings. The molecule has 0 aliphatic heterocycles. The molecule has 0 aliphatic carbocycles. The van der Waals surface area contributed by atoms with Gasteiger partial charge < -0.3 is 4.42 Å². The van der Waals surface area contributed by atoms with Gasteiger partial charge in [0, 0.05) is 12.0 Å². The van der Waals surface area contributed by atoms with Crippen LogP contribution < -0.4 is 0 Å². The molecule has 2 aromatic rings. The minimum Gasteiger partial charge on any atom is -0.469 e. The summed E-state index contributed by atoms with van der Waals surface area (Å²) in [6, 6.07) is 9.35. The van der Waals surface area contributed by atoms with Gasteiger partial charge in [-0.1, -0.05) is 30.7 Å². The number of furan rings is 1. The molecule has 2 nitrogen and oxygen atoms in total. The van der Waals surface area contributed by atoms with Crippen LogP contribution in [0.5, 0.6) is 0 Å². The highest BCUT2D eigenvalue weighted by molar-refractivity contribution is 6.09. The molecule has 0 atom stereocenters. The van der Waals surface area contributed by atoms with Crippen LogP contribution >= 0.6 is 0 Å². The highest BCUT2D eigenvalue weighted by Crippen LogP contribution is 2.17. The Balaban J connectivity index is 2.39. The van der Waals surface area contributed by atoms with Gasteiger partial charge in [0.1, 0.15) is 5.76 Å². The number of carbonyl (C=O) groups excluding carboxylic acids is 1. The Labute approximate surface area is 94.9 Å². The lowest BCUT2D eigenvalue weighted by atomic mass is 10.0. The van der Waals surface area contributed by atoms with E-state index in [4.69, 9.17) is 4.42 Å². The zero-order valence-corrected chi connectivity index (χ0v) is 9.49. The molecule has 1 heterocycles. The van der Waals surface area contributed by atoms with Crippen molar-refractivity contribution in [2.75, 3.05) is 0 Å². The van der Waals surface area contributed by atoms with Crippen molar-refractivity contribution >= 4 is 5.78 Å². The van der Waals surface area contributed by atoms with Gasteiger partial charge in [0.05, 0.1) is 11.8 Å². The van der Waals surface area contributed by atoms with Gasteiger partial charge in [-0.2, -0.15) is 0 Å². The summed E-state index contributed by atoms with van der Waals surface area (Å²) in [5.74, 6) is 0.792. The molecule has 16 heavy (non-hydrogen) atoms. The van der Waals surface area contributed by atoms with Crippen LogP contribution in [0.4, 0.5) is 0 Å². The van der Waals surface area contributed by atoms with Crippen LogP contribution in [0.15, 0.2) is 41.0 Å². The van der Waals surface area contributed by atoms with Crippen molar-refractivity contribution in [2.45, 2.75) is 20.3 Å². The van der Waals surface area contributed by atoms with Gasteiger partial charge in [-0.3, -0.25) is 4.79 Å². The molecule has 0 N–H and O–H groups in total. The molecule has 0 unspecified atom stereocenters. The zero-order chi connectivity index (χ0) is 11.5. The molecule has 1 aromatic heterocycles. The van der Waals surface area contributed by atoms with E-state index >= 15 is 0 Å². The second-order valence-corrected chi connectivity index (χ2v) is 3.81. The van der Waals surface area contributed by atoms with Crippen molar-refractivity contribution < 1.29 is 9.21 Å². The molecule has 2 heteroatoms. The van der Waals surface area contributed by atoms with Crippen LogP contribution in [0.3, 0.4) is 0 Å². The smallest absolute Gasteiger partial charge is 0.196 e. The minimum absolute atomic E-state index is 0.0364. The van der Waals surface area contributed by atoms with Gasteiger partial charge in [0.15, 0.2) is 5.78 Å². The van der Waals surface area contributed by atoms with Crippen LogP contribution in [0.1, 0.15) is 34.2 Å². The summed E-state index contributed by atoms with van der Waals surface area (Å²) in [5.41, 5.74) is 2.48. The van der Waals surface area contributed by atoms with Crippen molar-refractivity contribution in [3.8, 4) is 0 Å². The highest BCUT2D eigenvalue weighted by atomic mass is 16.3. The fourth-order valence-corrected chi connectivity index (χ4v) is 1.76. The molecule has 0 fully saturated rings. The van der Waals surface area contributed by atoms with Crippen LogP contribution in [-0.4, -0.2) is 5.78 Å². The average Bonchev–Trinajstić information content (AvgIpc) is 2.76. The Bertz CT molecular complexity index is 509. The molecular weight excluding hydrogens is 200 g/mol. The number of rotatable bonds is 3. The van der Waals surface area contributed by atoms with E-state index in [0.29, 0.717) is 5.56 Å². The van der Waals surface area contributed by atoms with Gasteiger partial charge in [-0.05, 0) is 19.1 Å². The number of hydrogen-bond donors (Lipinski definition) is 0. The van der Waals surface area contributed by atoms with E-state index in [1.165, 1.54) is 0 Å². The van der Waals surface area contributed by atoms with Gasteiger partial charge >= 0.3 is 0 Å². The lowest BCUT2D eigenvalue weighted by Gasteiger charge is -2.01. The summed E-state index contributed by atoms with van der Waals surface area (Å²) in [6.45, 7) is 3.96. The molecule has 0 bridgehead atoms. The summed E-state index contributed by atoms with van der Waals surface area (Å²) >= 11 is 0. The average molecular weight is 214 g/mol. The fraction of sp³-hybridized carbons (Fsp3) is 0.214. The van der Waals surface area contributed by atoms with Crippen molar-refractivity contribution in [1.29, 1.82) is 0 Å². The highest BCUT2D eigenvalue weighted by Gasteiger charge is 2.14. The topological polar surface area (TPSA) is 30.2 Å². The molecular formula is C14H14O2. The third kappa shape index (κ3) is 1.91. The zero-order valence-electron chi connectivity index (χ0n) is 9.49. The third-order valence-electron chi connectivity index (χ3n) is 2.59. The van der Waals surface area contributed by atoms with Crippen molar-refractivity contribution in [1.82, 2.24) is 0 Å². The van der Waals surface area contributed by atoms with Gasteiger partial charge in [0.2, 0.25) is 0 Å². The maximum Gasteiger partial charge on any atom is 0.196 e. The number of hydrogen-bond acceptors (Lipinski definition) is 2. The Morgan fingerprint density at radius 2 is 2.12 bits per heavy atom. The lowest BCUT2D eigenvalue weighted by molar-refractivity contribution is 0.103. The van der Waals surface area contributed by atoms with Crippen LogP contribution in [0, 0.1) is 6.92 Å². The molecule has 82 valence electrons. The minimum atomic E-state index is 0.0364. The van der Waals surface area contributed by atoms with Crippen molar-refractivity contribution in [3.63, 3.8) is 0 Å². The summed E-state index contributed by atoms with van der Waals surface area (Å²) in [6.07, 6.45) is 2.31. The molecule has 2 rings (SSSR count). The van der Waals surface area contributed by atoms with Crippen molar-refractivity contribution in [2.24, 2.45) is 0 Å². The standard InChI is InChI=1S/C14H14O2/c1-3-13-12(7-8-16-13)14(15)11-6-4-5-10(2)9-11/h4-9H,3H2,1-2H3. The van der Waals surface area contributed by atoms with E-state index in [1.807, 2.05) is 38.1 Å². The first-order chi connectivity index (χ1) is 7.72.